The Labute approximate surface area is 218 Å². The maximum Gasteiger partial charge on any atom is 0.264 e. The molecule has 2 aliphatic heterocycles. The smallest absolute Gasteiger partial charge is 0.264 e. The number of carbonyl (C=O) groups excluding carboxylic acids is 2. The molecule has 190 valence electrons. The van der Waals surface area contributed by atoms with Gasteiger partial charge in [0.15, 0.2) is 0 Å². The van der Waals surface area contributed by atoms with Crippen LogP contribution in [0.4, 0.5) is 4.39 Å². The third-order valence-electron chi connectivity index (χ3n) is 6.83. The summed E-state index contributed by atoms with van der Waals surface area (Å²) in [6.07, 6.45) is 1.73. The van der Waals surface area contributed by atoms with Gasteiger partial charge in [0.05, 0.1) is 29.1 Å². The molecular weight excluding hydrogens is 491 g/mol. The van der Waals surface area contributed by atoms with E-state index in [2.05, 4.69) is 0 Å². The van der Waals surface area contributed by atoms with Gasteiger partial charge in [-0.25, -0.2) is 4.39 Å². The van der Waals surface area contributed by atoms with Crippen molar-refractivity contribution in [1.29, 1.82) is 5.26 Å². The van der Waals surface area contributed by atoms with Gasteiger partial charge in [-0.15, -0.1) is 11.3 Å². The average Bonchev–Trinajstić information content (AvgIpc) is 3.32. The highest BCUT2D eigenvalue weighted by Gasteiger charge is 2.39. The fourth-order valence-corrected chi connectivity index (χ4v) is 6.07. The van der Waals surface area contributed by atoms with Gasteiger partial charge in [-0.05, 0) is 61.2 Å². The van der Waals surface area contributed by atoms with Crippen LogP contribution in [-0.2, 0) is 0 Å². The summed E-state index contributed by atoms with van der Waals surface area (Å²) in [4.78, 5) is 30.7. The molecule has 0 aliphatic carbocycles. The maximum atomic E-state index is 14.5. The quantitative estimate of drug-likeness (QED) is 0.545. The molecule has 2 saturated heterocycles. The highest BCUT2D eigenvalue weighted by Crippen LogP contribution is 2.40. The number of nitrogens with zero attached hydrogens (tertiary/aromatic N) is 3. The van der Waals surface area contributed by atoms with Crippen LogP contribution < -0.4 is 5.73 Å². The largest absolute Gasteiger partial charge is 0.386 e. The number of benzene rings is 2. The van der Waals surface area contributed by atoms with Crippen LogP contribution in [0.15, 0.2) is 48.5 Å². The highest BCUT2D eigenvalue weighted by atomic mass is 32.1. The molecule has 5 rings (SSSR count). The lowest BCUT2D eigenvalue weighted by Gasteiger charge is -2.44. The highest BCUT2D eigenvalue weighted by molar-refractivity contribution is 7.18. The van der Waals surface area contributed by atoms with Crippen LogP contribution in [0, 0.1) is 17.1 Å². The molecule has 3 heterocycles. The summed E-state index contributed by atoms with van der Waals surface area (Å²) >= 11 is 1.31. The number of rotatable bonds is 4. The summed E-state index contributed by atoms with van der Waals surface area (Å²) in [5.74, 6) is -0.896. The normalized spacial score (nSPS) is 18.7. The van der Waals surface area contributed by atoms with Crippen molar-refractivity contribution in [1.82, 2.24) is 9.80 Å². The van der Waals surface area contributed by atoms with E-state index in [1.807, 2.05) is 18.2 Å². The molecule has 1 atom stereocenters. The minimum absolute atomic E-state index is 0.0491. The molecule has 0 spiro atoms. The summed E-state index contributed by atoms with van der Waals surface area (Å²) < 4.78 is 14.5. The van der Waals surface area contributed by atoms with Crippen LogP contribution in [-0.4, -0.2) is 64.5 Å². The molecule has 2 fully saturated rings. The number of β-amino-alcohol motifs (C(OH)–C–C–N with tert-alkyl or cyclic N) is 1. The van der Waals surface area contributed by atoms with Crippen molar-refractivity contribution in [2.75, 3.05) is 26.2 Å². The summed E-state index contributed by atoms with van der Waals surface area (Å²) in [5, 5.41) is 19.1. The number of nitrogens with two attached hydrogens (primary N) is 1. The number of hydrogen-bond donors (Lipinski definition) is 2. The summed E-state index contributed by atoms with van der Waals surface area (Å²) in [6, 6.07) is 15.0. The topological polar surface area (TPSA) is 111 Å². The van der Waals surface area contributed by atoms with Gasteiger partial charge in [0, 0.05) is 35.1 Å². The van der Waals surface area contributed by atoms with Crippen molar-refractivity contribution >= 4 is 23.2 Å². The van der Waals surface area contributed by atoms with E-state index in [1.165, 1.54) is 23.5 Å². The van der Waals surface area contributed by atoms with Gasteiger partial charge < -0.3 is 20.6 Å². The Balaban J connectivity index is 1.50. The van der Waals surface area contributed by atoms with Crippen molar-refractivity contribution < 1.29 is 19.1 Å². The lowest BCUT2D eigenvalue weighted by Crippen LogP contribution is -2.61. The van der Waals surface area contributed by atoms with Gasteiger partial charge in [-0.2, -0.15) is 5.26 Å². The van der Waals surface area contributed by atoms with Gasteiger partial charge in [0.1, 0.15) is 11.9 Å². The number of nitriles is 1. The lowest BCUT2D eigenvalue weighted by molar-refractivity contribution is -0.0668. The Morgan fingerprint density at radius 2 is 1.81 bits per heavy atom. The van der Waals surface area contributed by atoms with Crippen molar-refractivity contribution in [2.45, 2.75) is 31.4 Å². The average molecular weight is 519 g/mol. The first-order chi connectivity index (χ1) is 17.6. The predicted octanol–water partition coefficient (Wildman–Crippen LogP) is 3.86. The van der Waals surface area contributed by atoms with Crippen LogP contribution in [0.1, 0.15) is 45.4 Å². The standard InChI is InChI=1S/C28H27FN4O3S/c1-28(36)15-33(16-28)26(34)18-6-4-17(5-7-18)25-22(19-8-9-20(13-30)23(29)11-19)12-24(37-25)27(35)32-10-2-3-21(31)14-32/h4-9,11-12,21,36H,2-3,10,14-16,31H2,1H3/t21-/m1/s1. The minimum atomic E-state index is -0.848. The fraction of sp³-hybridized carbons (Fsp3) is 0.321. The Morgan fingerprint density at radius 3 is 2.43 bits per heavy atom. The molecule has 37 heavy (non-hydrogen) atoms. The Kier molecular flexibility index (Phi) is 6.58. The molecule has 2 aliphatic rings. The third kappa shape index (κ3) is 5.01. The second kappa shape index (κ2) is 9.71. The van der Waals surface area contributed by atoms with E-state index in [0.717, 1.165) is 23.3 Å². The van der Waals surface area contributed by atoms with Gasteiger partial charge >= 0.3 is 0 Å². The zero-order valence-corrected chi connectivity index (χ0v) is 21.2. The number of piperidine rings is 1. The fourth-order valence-electron chi connectivity index (χ4n) is 4.92. The summed E-state index contributed by atoms with van der Waals surface area (Å²) in [6.45, 7) is 3.41. The molecule has 0 radical (unpaired) electrons. The Morgan fingerprint density at radius 1 is 1.11 bits per heavy atom. The lowest BCUT2D eigenvalue weighted by atomic mass is 9.95. The van der Waals surface area contributed by atoms with Crippen LogP contribution in [0.3, 0.4) is 0 Å². The Bertz CT molecular complexity index is 1400. The van der Waals surface area contributed by atoms with Crippen LogP contribution in [0.2, 0.25) is 0 Å². The van der Waals surface area contributed by atoms with Crippen LogP contribution in [0.25, 0.3) is 21.6 Å². The van der Waals surface area contributed by atoms with Gasteiger partial charge in [-0.3, -0.25) is 9.59 Å². The number of aliphatic hydroxyl groups is 1. The number of halogens is 1. The molecule has 9 heteroatoms. The number of hydrogen-bond acceptors (Lipinski definition) is 6. The van der Waals surface area contributed by atoms with Gasteiger partial charge in [0.2, 0.25) is 0 Å². The molecule has 1 aromatic heterocycles. The molecular formula is C28H27FN4O3S. The van der Waals surface area contributed by atoms with E-state index in [4.69, 9.17) is 11.0 Å². The molecule has 3 N–H and O–H groups in total. The molecule has 0 saturated carbocycles. The van der Waals surface area contributed by atoms with Crippen molar-refractivity contribution in [3.8, 4) is 27.6 Å². The molecule has 0 unspecified atom stereocenters. The number of likely N-dealkylation sites (tertiary alicyclic amines) is 2. The molecule has 2 aromatic carbocycles. The first kappa shape index (κ1) is 25.1. The summed E-state index contributed by atoms with van der Waals surface area (Å²) in [5.41, 5.74) is 7.71. The van der Waals surface area contributed by atoms with E-state index >= 15 is 0 Å². The second-order valence-corrected chi connectivity index (χ2v) is 11.1. The van der Waals surface area contributed by atoms with E-state index in [0.29, 0.717) is 47.7 Å². The van der Waals surface area contributed by atoms with Crippen molar-refractivity contribution in [3.05, 3.63) is 70.4 Å². The van der Waals surface area contributed by atoms with Crippen molar-refractivity contribution in [2.24, 2.45) is 5.73 Å². The van der Waals surface area contributed by atoms with E-state index < -0.39 is 11.4 Å². The monoisotopic (exact) mass is 518 g/mol. The summed E-state index contributed by atoms with van der Waals surface area (Å²) in [7, 11) is 0. The first-order valence-electron chi connectivity index (χ1n) is 12.2. The molecule has 2 amide bonds. The molecule has 7 nitrogen and oxygen atoms in total. The zero-order valence-electron chi connectivity index (χ0n) is 20.4. The SMILES string of the molecule is CC1(O)CN(C(=O)c2ccc(-c3sc(C(=O)N4CCC[C@@H](N)C4)cc3-c3ccc(C#N)c(F)c3)cc2)C1. The second-order valence-electron chi connectivity index (χ2n) is 10.0. The van der Waals surface area contributed by atoms with Crippen LogP contribution >= 0.6 is 11.3 Å². The first-order valence-corrected chi connectivity index (χ1v) is 13.0. The number of amides is 2. The third-order valence-corrected chi connectivity index (χ3v) is 8.00. The van der Waals surface area contributed by atoms with Crippen molar-refractivity contribution in [3.63, 3.8) is 0 Å². The van der Waals surface area contributed by atoms with E-state index in [9.17, 15) is 19.1 Å². The molecule has 3 aromatic rings. The predicted molar refractivity (Wildman–Crippen MR) is 140 cm³/mol. The molecule has 0 bridgehead atoms. The van der Waals surface area contributed by atoms with Gasteiger partial charge in [0.25, 0.3) is 11.8 Å². The maximum absolute atomic E-state index is 14.5. The Hall–Kier alpha value is -3.58. The minimum Gasteiger partial charge on any atom is -0.386 e. The van der Waals surface area contributed by atoms with Gasteiger partial charge in [-0.1, -0.05) is 18.2 Å². The zero-order chi connectivity index (χ0) is 26.3. The van der Waals surface area contributed by atoms with E-state index in [1.54, 1.807) is 41.0 Å². The van der Waals surface area contributed by atoms with E-state index in [-0.39, 0.29) is 23.4 Å². The number of carbonyl (C=O) groups is 2. The number of thiophene rings is 1. The van der Waals surface area contributed by atoms with Crippen LogP contribution in [0.5, 0.6) is 0 Å².